The average Bonchev–Trinajstić information content (AvgIpc) is 2.67. The van der Waals surface area contributed by atoms with Gasteiger partial charge in [-0.05, 0) is 48.9 Å². The molecule has 3 aromatic rings. The molecular formula is C22H19BrFNO3. The van der Waals surface area contributed by atoms with Gasteiger partial charge in [-0.3, -0.25) is 0 Å². The van der Waals surface area contributed by atoms with Crippen molar-refractivity contribution in [3.63, 3.8) is 0 Å². The van der Waals surface area contributed by atoms with Crippen LogP contribution in [-0.4, -0.2) is 11.1 Å². The van der Waals surface area contributed by atoms with Gasteiger partial charge in [0, 0.05) is 27.8 Å². The summed E-state index contributed by atoms with van der Waals surface area (Å²) in [4.78, 5) is 11.2. The van der Waals surface area contributed by atoms with Gasteiger partial charge >= 0.3 is 5.97 Å². The van der Waals surface area contributed by atoms with Gasteiger partial charge in [0.05, 0.1) is 5.56 Å². The van der Waals surface area contributed by atoms with Crippen LogP contribution in [0.2, 0.25) is 0 Å². The Hall–Kier alpha value is -2.86. The van der Waals surface area contributed by atoms with Crippen LogP contribution < -0.4 is 10.1 Å². The van der Waals surface area contributed by atoms with Gasteiger partial charge in [0.1, 0.15) is 18.2 Å². The molecule has 4 nitrogen and oxygen atoms in total. The molecule has 0 atom stereocenters. The zero-order valence-electron chi connectivity index (χ0n) is 15.2. The Labute approximate surface area is 171 Å². The molecule has 6 heteroatoms. The number of hydrogen-bond donors (Lipinski definition) is 2. The molecule has 3 rings (SSSR count). The first-order valence-electron chi connectivity index (χ1n) is 8.66. The fourth-order valence-electron chi connectivity index (χ4n) is 2.73. The molecule has 28 heavy (non-hydrogen) atoms. The molecular weight excluding hydrogens is 425 g/mol. The fourth-order valence-corrected chi connectivity index (χ4v) is 3.14. The lowest BCUT2D eigenvalue weighted by atomic mass is 10.1. The maximum absolute atomic E-state index is 13.8. The molecule has 0 heterocycles. The summed E-state index contributed by atoms with van der Waals surface area (Å²) in [5, 5.41) is 12.4. The number of ether oxygens (including phenoxy) is 1. The summed E-state index contributed by atoms with van der Waals surface area (Å²) in [6.45, 7) is 2.45. The van der Waals surface area contributed by atoms with E-state index in [-0.39, 0.29) is 18.0 Å². The third-order valence-corrected chi connectivity index (χ3v) is 4.81. The van der Waals surface area contributed by atoms with Gasteiger partial charge in [0.25, 0.3) is 0 Å². The van der Waals surface area contributed by atoms with E-state index in [0.717, 1.165) is 21.3 Å². The zero-order chi connectivity index (χ0) is 20.1. The van der Waals surface area contributed by atoms with Gasteiger partial charge in [0.2, 0.25) is 0 Å². The molecule has 0 spiro atoms. The lowest BCUT2D eigenvalue weighted by Gasteiger charge is -2.15. The van der Waals surface area contributed by atoms with Crippen molar-refractivity contribution >= 4 is 27.6 Å². The van der Waals surface area contributed by atoms with Gasteiger partial charge in [-0.1, -0.05) is 40.2 Å². The van der Waals surface area contributed by atoms with E-state index in [2.05, 4.69) is 21.2 Å². The first kappa shape index (κ1) is 19.9. The second-order valence-corrected chi connectivity index (χ2v) is 7.24. The van der Waals surface area contributed by atoms with Crippen molar-refractivity contribution in [1.29, 1.82) is 0 Å². The quantitative estimate of drug-likeness (QED) is 0.485. The van der Waals surface area contributed by atoms with Crippen LogP contribution in [0.3, 0.4) is 0 Å². The molecule has 0 unspecified atom stereocenters. The molecule has 2 N–H and O–H groups in total. The highest BCUT2D eigenvalue weighted by atomic mass is 79.9. The van der Waals surface area contributed by atoms with Crippen LogP contribution >= 0.6 is 15.9 Å². The minimum absolute atomic E-state index is 0.120. The summed E-state index contributed by atoms with van der Waals surface area (Å²) in [5.41, 5.74) is 3.24. The highest BCUT2D eigenvalue weighted by molar-refractivity contribution is 9.10. The van der Waals surface area contributed by atoms with Gasteiger partial charge < -0.3 is 15.2 Å². The maximum Gasteiger partial charge on any atom is 0.335 e. The molecule has 0 aromatic heterocycles. The van der Waals surface area contributed by atoms with Crippen molar-refractivity contribution < 1.29 is 19.0 Å². The van der Waals surface area contributed by atoms with E-state index in [9.17, 15) is 14.3 Å². The summed E-state index contributed by atoms with van der Waals surface area (Å²) in [6.07, 6.45) is 0. The summed E-state index contributed by atoms with van der Waals surface area (Å²) in [5.74, 6) is -0.647. The van der Waals surface area contributed by atoms with Crippen molar-refractivity contribution in [2.24, 2.45) is 0 Å². The second-order valence-electron chi connectivity index (χ2n) is 6.32. The number of rotatable bonds is 7. The van der Waals surface area contributed by atoms with E-state index >= 15 is 0 Å². The Morgan fingerprint density at radius 1 is 1.11 bits per heavy atom. The highest BCUT2D eigenvalue weighted by Gasteiger charge is 2.10. The van der Waals surface area contributed by atoms with Crippen molar-refractivity contribution in [3.05, 3.63) is 93.2 Å². The Bertz CT molecular complexity index is 1010. The number of carboxylic acid groups (broad SMARTS) is 1. The minimum Gasteiger partial charge on any atom is -0.488 e. The SMILES string of the molecule is Cc1ccc(C(=O)O)cc1NCc1cc(Br)ccc1OCc1ccccc1F. The van der Waals surface area contributed by atoms with Crippen LogP contribution in [-0.2, 0) is 13.2 Å². The van der Waals surface area contributed by atoms with E-state index < -0.39 is 5.97 Å². The number of hydrogen-bond acceptors (Lipinski definition) is 3. The Morgan fingerprint density at radius 2 is 1.89 bits per heavy atom. The van der Waals surface area contributed by atoms with Crippen molar-refractivity contribution in [2.75, 3.05) is 5.32 Å². The van der Waals surface area contributed by atoms with Crippen molar-refractivity contribution in [1.82, 2.24) is 0 Å². The van der Waals surface area contributed by atoms with E-state index in [1.54, 1.807) is 36.4 Å². The third-order valence-electron chi connectivity index (χ3n) is 4.32. The zero-order valence-corrected chi connectivity index (χ0v) is 16.8. The van der Waals surface area contributed by atoms with E-state index in [4.69, 9.17) is 4.74 Å². The molecule has 0 aliphatic carbocycles. The van der Waals surface area contributed by atoms with Crippen molar-refractivity contribution in [3.8, 4) is 5.75 Å². The molecule has 3 aromatic carbocycles. The fraction of sp³-hybridized carbons (Fsp3) is 0.136. The summed E-state index contributed by atoms with van der Waals surface area (Å²) >= 11 is 3.45. The third kappa shape index (κ3) is 4.89. The number of anilines is 1. The summed E-state index contributed by atoms with van der Waals surface area (Å²) < 4.78 is 20.6. The minimum atomic E-state index is -0.973. The summed E-state index contributed by atoms with van der Waals surface area (Å²) in [7, 11) is 0. The average molecular weight is 444 g/mol. The standard InChI is InChI=1S/C22H19BrFNO3/c1-14-6-7-15(22(26)27)11-20(14)25-12-17-10-18(23)8-9-21(17)28-13-16-4-2-3-5-19(16)24/h2-11,25H,12-13H2,1H3,(H,26,27). The number of carbonyl (C=O) groups is 1. The molecule has 0 fully saturated rings. The Kier molecular flexibility index (Phi) is 6.31. The maximum atomic E-state index is 13.8. The van der Waals surface area contributed by atoms with Crippen LogP contribution in [0, 0.1) is 12.7 Å². The van der Waals surface area contributed by atoms with Crippen LogP contribution in [0.25, 0.3) is 0 Å². The van der Waals surface area contributed by atoms with E-state index in [1.165, 1.54) is 6.07 Å². The molecule has 144 valence electrons. The van der Waals surface area contributed by atoms with Crippen LogP contribution in [0.5, 0.6) is 5.75 Å². The van der Waals surface area contributed by atoms with Crippen LogP contribution in [0.4, 0.5) is 10.1 Å². The molecule has 0 amide bonds. The number of nitrogens with one attached hydrogen (secondary N) is 1. The topological polar surface area (TPSA) is 58.6 Å². The van der Waals surface area contributed by atoms with E-state index in [1.807, 2.05) is 25.1 Å². The Balaban J connectivity index is 1.77. The smallest absolute Gasteiger partial charge is 0.335 e. The number of carboxylic acids is 1. The van der Waals surface area contributed by atoms with Gasteiger partial charge in [-0.2, -0.15) is 0 Å². The Morgan fingerprint density at radius 3 is 2.64 bits per heavy atom. The molecule has 0 saturated heterocycles. The monoisotopic (exact) mass is 443 g/mol. The van der Waals surface area contributed by atoms with Crippen molar-refractivity contribution in [2.45, 2.75) is 20.1 Å². The molecule has 0 bridgehead atoms. The summed E-state index contributed by atoms with van der Waals surface area (Å²) in [6, 6.07) is 17.0. The first-order chi connectivity index (χ1) is 13.4. The van der Waals surface area contributed by atoms with Gasteiger partial charge in [0.15, 0.2) is 0 Å². The van der Waals surface area contributed by atoms with Gasteiger partial charge in [-0.25, -0.2) is 9.18 Å². The van der Waals surface area contributed by atoms with Crippen LogP contribution in [0.1, 0.15) is 27.0 Å². The number of aromatic carboxylic acids is 1. The lowest BCUT2D eigenvalue weighted by Crippen LogP contribution is -2.06. The largest absolute Gasteiger partial charge is 0.488 e. The molecule has 0 aliphatic heterocycles. The number of halogens is 2. The van der Waals surface area contributed by atoms with Crippen LogP contribution in [0.15, 0.2) is 65.1 Å². The number of benzene rings is 3. The molecule has 0 saturated carbocycles. The molecule has 0 radical (unpaired) electrons. The normalized spacial score (nSPS) is 10.5. The van der Waals surface area contributed by atoms with Gasteiger partial charge in [-0.15, -0.1) is 0 Å². The molecule has 0 aliphatic rings. The second kappa shape index (κ2) is 8.89. The highest BCUT2D eigenvalue weighted by Crippen LogP contribution is 2.26. The first-order valence-corrected chi connectivity index (χ1v) is 9.46. The predicted molar refractivity (Wildman–Crippen MR) is 110 cm³/mol. The van der Waals surface area contributed by atoms with E-state index in [0.29, 0.717) is 17.9 Å². The predicted octanol–water partition coefficient (Wildman–Crippen LogP) is 5.79. The lowest BCUT2D eigenvalue weighted by molar-refractivity contribution is 0.0697. The number of aryl methyl sites for hydroxylation is 1.